The molecule has 74 valence electrons. The Bertz CT molecular complexity index is 405. The zero-order valence-corrected chi connectivity index (χ0v) is 8.43. The van der Waals surface area contributed by atoms with Gasteiger partial charge in [-0.2, -0.15) is 0 Å². The van der Waals surface area contributed by atoms with E-state index in [1.54, 1.807) is 25.1 Å². The Morgan fingerprint density at radius 3 is 2.93 bits per heavy atom. The van der Waals surface area contributed by atoms with Crippen molar-refractivity contribution in [3.63, 3.8) is 0 Å². The van der Waals surface area contributed by atoms with Gasteiger partial charge in [0.15, 0.2) is 5.60 Å². The summed E-state index contributed by atoms with van der Waals surface area (Å²) >= 11 is 5.95. The standard InChI is InChI=1S/C10H10ClNO2/c1-2-10(14)8-6(11)4-3-5-7(8)12-9(10)13/h3-5,14H,2H2,1H3,(H,12,13). The first kappa shape index (κ1) is 9.49. The van der Waals surface area contributed by atoms with Crippen LogP contribution in [0.5, 0.6) is 0 Å². The number of nitrogens with one attached hydrogen (secondary N) is 1. The fourth-order valence-corrected chi connectivity index (χ4v) is 2.06. The smallest absolute Gasteiger partial charge is 0.261 e. The van der Waals surface area contributed by atoms with E-state index in [0.29, 0.717) is 22.7 Å². The first-order chi connectivity index (χ1) is 6.59. The normalized spacial score (nSPS) is 24.6. The van der Waals surface area contributed by atoms with Crippen molar-refractivity contribution in [3.8, 4) is 0 Å². The highest BCUT2D eigenvalue weighted by molar-refractivity contribution is 6.33. The third-order valence-corrected chi connectivity index (χ3v) is 2.88. The molecule has 0 radical (unpaired) electrons. The Balaban J connectivity index is 2.67. The number of hydrogen-bond acceptors (Lipinski definition) is 2. The molecule has 0 bridgehead atoms. The summed E-state index contributed by atoms with van der Waals surface area (Å²) in [5.41, 5.74) is -0.366. The summed E-state index contributed by atoms with van der Waals surface area (Å²) in [5.74, 6) is -0.400. The lowest BCUT2D eigenvalue weighted by atomic mass is 9.93. The van der Waals surface area contributed by atoms with E-state index in [2.05, 4.69) is 5.32 Å². The Labute approximate surface area is 86.7 Å². The van der Waals surface area contributed by atoms with Gasteiger partial charge in [-0.25, -0.2) is 0 Å². The zero-order valence-electron chi connectivity index (χ0n) is 7.67. The summed E-state index contributed by atoms with van der Waals surface area (Å²) in [4.78, 5) is 11.5. The predicted molar refractivity (Wildman–Crippen MR) is 54.3 cm³/mol. The molecule has 3 nitrogen and oxygen atoms in total. The molecule has 0 aliphatic carbocycles. The second kappa shape index (κ2) is 2.97. The molecule has 2 rings (SSSR count). The van der Waals surface area contributed by atoms with Gasteiger partial charge in [0, 0.05) is 16.3 Å². The Kier molecular flexibility index (Phi) is 2.01. The number of benzene rings is 1. The van der Waals surface area contributed by atoms with Crippen LogP contribution >= 0.6 is 11.6 Å². The van der Waals surface area contributed by atoms with Gasteiger partial charge in [0.05, 0.1) is 0 Å². The molecule has 4 heteroatoms. The van der Waals surface area contributed by atoms with E-state index in [4.69, 9.17) is 11.6 Å². The monoisotopic (exact) mass is 211 g/mol. The molecule has 1 aromatic carbocycles. The lowest BCUT2D eigenvalue weighted by molar-refractivity contribution is -0.133. The van der Waals surface area contributed by atoms with Gasteiger partial charge in [0.1, 0.15) is 0 Å². The van der Waals surface area contributed by atoms with Crippen LogP contribution in [0.25, 0.3) is 0 Å². The van der Waals surface area contributed by atoms with E-state index in [1.165, 1.54) is 0 Å². The van der Waals surface area contributed by atoms with E-state index in [9.17, 15) is 9.90 Å². The quantitative estimate of drug-likeness (QED) is 0.745. The Morgan fingerprint density at radius 2 is 2.29 bits per heavy atom. The van der Waals surface area contributed by atoms with Crippen molar-refractivity contribution in [2.45, 2.75) is 18.9 Å². The zero-order chi connectivity index (χ0) is 10.3. The molecule has 2 N–H and O–H groups in total. The van der Waals surface area contributed by atoms with Crippen LogP contribution in [0.15, 0.2) is 18.2 Å². The van der Waals surface area contributed by atoms with Crippen LogP contribution in [0.1, 0.15) is 18.9 Å². The van der Waals surface area contributed by atoms with Crippen LogP contribution in [0.3, 0.4) is 0 Å². The highest BCUT2D eigenvalue weighted by Crippen LogP contribution is 2.42. The summed E-state index contributed by atoms with van der Waals surface area (Å²) in [5, 5.41) is 13.1. The van der Waals surface area contributed by atoms with Gasteiger partial charge in [-0.15, -0.1) is 0 Å². The fourth-order valence-electron chi connectivity index (χ4n) is 1.73. The van der Waals surface area contributed by atoms with Crippen molar-refractivity contribution in [2.75, 3.05) is 5.32 Å². The molecule has 1 amide bonds. The largest absolute Gasteiger partial charge is 0.375 e. The van der Waals surface area contributed by atoms with Crippen molar-refractivity contribution >= 4 is 23.2 Å². The van der Waals surface area contributed by atoms with Gasteiger partial charge in [-0.05, 0) is 18.6 Å². The first-order valence-corrected chi connectivity index (χ1v) is 4.80. The van der Waals surface area contributed by atoms with Crippen molar-refractivity contribution < 1.29 is 9.90 Å². The first-order valence-electron chi connectivity index (χ1n) is 4.42. The van der Waals surface area contributed by atoms with Gasteiger partial charge >= 0.3 is 0 Å². The average Bonchev–Trinajstić information content (AvgIpc) is 2.41. The number of halogens is 1. The van der Waals surface area contributed by atoms with Crippen molar-refractivity contribution in [2.24, 2.45) is 0 Å². The predicted octanol–water partition coefficient (Wildman–Crippen LogP) is 1.89. The molecule has 1 heterocycles. The van der Waals surface area contributed by atoms with E-state index in [0.717, 1.165) is 0 Å². The Hall–Kier alpha value is -1.06. The van der Waals surface area contributed by atoms with Crippen LogP contribution < -0.4 is 5.32 Å². The number of fused-ring (bicyclic) bond motifs is 1. The van der Waals surface area contributed by atoms with Crippen molar-refractivity contribution in [1.82, 2.24) is 0 Å². The molecular weight excluding hydrogens is 202 g/mol. The third kappa shape index (κ3) is 1.06. The number of rotatable bonds is 1. The average molecular weight is 212 g/mol. The van der Waals surface area contributed by atoms with Crippen LogP contribution in [0, 0.1) is 0 Å². The van der Waals surface area contributed by atoms with E-state index >= 15 is 0 Å². The number of hydrogen-bond donors (Lipinski definition) is 2. The molecule has 1 aliphatic heterocycles. The van der Waals surface area contributed by atoms with Gasteiger partial charge in [-0.3, -0.25) is 4.79 Å². The lowest BCUT2D eigenvalue weighted by Crippen LogP contribution is -2.33. The second-order valence-electron chi connectivity index (χ2n) is 3.33. The van der Waals surface area contributed by atoms with E-state index in [-0.39, 0.29) is 0 Å². The SMILES string of the molecule is CCC1(O)C(=O)Nc2cccc(Cl)c21. The maximum Gasteiger partial charge on any atom is 0.261 e. The molecule has 0 aromatic heterocycles. The maximum absolute atomic E-state index is 11.5. The van der Waals surface area contributed by atoms with Crippen LogP contribution in [-0.4, -0.2) is 11.0 Å². The topological polar surface area (TPSA) is 49.3 Å². The van der Waals surface area contributed by atoms with Gasteiger partial charge in [0.2, 0.25) is 0 Å². The number of carbonyl (C=O) groups is 1. The van der Waals surface area contributed by atoms with Crippen molar-refractivity contribution in [1.29, 1.82) is 0 Å². The Morgan fingerprint density at radius 1 is 1.57 bits per heavy atom. The molecule has 0 spiro atoms. The molecule has 0 saturated carbocycles. The fraction of sp³-hybridized carbons (Fsp3) is 0.300. The van der Waals surface area contributed by atoms with E-state index in [1.807, 2.05) is 0 Å². The highest BCUT2D eigenvalue weighted by atomic mass is 35.5. The van der Waals surface area contributed by atoms with Crippen LogP contribution in [0.2, 0.25) is 5.02 Å². The minimum absolute atomic E-state index is 0.315. The lowest BCUT2D eigenvalue weighted by Gasteiger charge is -2.19. The molecule has 1 aliphatic rings. The molecule has 1 unspecified atom stereocenters. The molecule has 0 fully saturated rings. The summed E-state index contributed by atoms with van der Waals surface area (Å²) in [6.45, 7) is 1.75. The number of carbonyl (C=O) groups excluding carboxylic acids is 1. The van der Waals surface area contributed by atoms with Gasteiger partial charge in [0.25, 0.3) is 5.91 Å². The summed E-state index contributed by atoms with van der Waals surface area (Å²) in [6.07, 6.45) is 0.315. The summed E-state index contributed by atoms with van der Waals surface area (Å²) in [7, 11) is 0. The summed E-state index contributed by atoms with van der Waals surface area (Å²) in [6, 6.07) is 5.14. The van der Waals surface area contributed by atoms with Gasteiger partial charge < -0.3 is 10.4 Å². The van der Waals surface area contributed by atoms with E-state index < -0.39 is 11.5 Å². The summed E-state index contributed by atoms with van der Waals surface area (Å²) < 4.78 is 0. The molecule has 1 aromatic rings. The van der Waals surface area contributed by atoms with Crippen LogP contribution in [-0.2, 0) is 10.4 Å². The molecule has 14 heavy (non-hydrogen) atoms. The second-order valence-corrected chi connectivity index (χ2v) is 3.74. The highest BCUT2D eigenvalue weighted by Gasteiger charge is 2.45. The number of amides is 1. The number of anilines is 1. The minimum Gasteiger partial charge on any atom is -0.375 e. The number of aliphatic hydroxyl groups is 1. The van der Waals surface area contributed by atoms with Gasteiger partial charge in [-0.1, -0.05) is 24.6 Å². The maximum atomic E-state index is 11.5. The van der Waals surface area contributed by atoms with Crippen molar-refractivity contribution in [3.05, 3.63) is 28.8 Å². The molecule has 0 saturated heterocycles. The minimum atomic E-state index is -1.46. The van der Waals surface area contributed by atoms with Crippen LogP contribution in [0.4, 0.5) is 5.69 Å². The third-order valence-electron chi connectivity index (χ3n) is 2.56. The molecule has 1 atom stereocenters. The molecular formula is C10H10ClNO2.